The molecule has 0 saturated carbocycles. The van der Waals surface area contributed by atoms with Gasteiger partial charge in [0, 0.05) is 6.54 Å². The van der Waals surface area contributed by atoms with Crippen LogP contribution in [0.2, 0.25) is 0 Å². The van der Waals surface area contributed by atoms with Gasteiger partial charge < -0.3 is 15.8 Å². The molecule has 0 aliphatic carbocycles. The van der Waals surface area contributed by atoms with Crippen LogP contribution in [0, 0.1) is 5.82 Å². The molecule has 22 heavy (non-hydrogen) atoms. The van der Waals surface area contributed by atoms with Crippen molar-refractivity contribution in [2.24, 2.45) is 0 Å². The number of hydrogen-bond acceptors (Lipinski definition) is 3. The van der Waals surface area contributed by atoms with Crippen molar-refractivity contribution in [3.8, 4) is 0 Å². The molecule has 0 fully saturated rings. The van der Waals surface area contributed by atoms with E-state index >= 15 is 0 Å². The lowest BCUT2D eigenvalue weighted by molar-refractivity contribution is 0.141. The van der Waals surface area contributed by atoms with E-state index in [9.17, 15) is 9.18 Å². The Kier molecular flexibility index (Phi) is 5.54. The highest BCUT2D eigenvalue weighted by Crippen LogP contribution is 2.13. The Labute approximate surface area is 128 Å². The number of carbonyl (C=O) groups is 1. The molecular weight excluding hydrogens is 283 g/mol. The van der Waals surface area contributed by atoms with Crippen LogP contribution in [0.1, 0.15) is 11.1 Å². The number of carbonyl (C=O) groups excluding carboxylic acids is 1. The molecule has 0 bridgehead atoms. The lowest BCUT2D eigenvalue weighted by atomic mass is 10.2. The number of hydrogen-bond donors (Lipinski definition) is 2. The first-order valence-electron chi connectivity index (χ1n) is 6.81. The number of rotatable bonds is 5. The molecule has 0 aliphatic rings. The van der Waals surface area contributed by atoms with Gasteiger partial charge >= 0.3 is 6.09 Å². The van der Waals surface area contributed by atoms with Crippen molar-refractivity contribution in [2.45, 2.75) is 6.61 Å². The first-order chi connectivity index (χ1) is 10.6. The van der Waals surface area contributed by atoms with Gasteiger partial charge in [0.2, 0.25) is 0 Å². The zero-order chi connectivity index (χ0) is 15.8. The lowest BCUT2D eigenvalue weighted by Gasteiger charge is -2.05. The third-order valence-corrected chi connectivity index (χ3v) is 2.91. The molecule has 5 heteroatoms. The fourth-order valence-corrected chi connectivity index (χ4v) is 1.78. The van der Waals surface area contributed by atoms with E-state index in [4.69, 9.17) is 10.5 Å². The zero-order valence-electron chi connectivity index (χ0n) is 12.0. The Hall–Kier alpha value is -2.82. The molecule has 0 saturated heterocycles. The van der Waals surface area contributed by atoms with Crippen LogP contribution in [-0.2, 0) is 11.3 Å². The summed E-state index contributed by atoms with van der Waals surface area (Å²) < 4.78 is 18.1. The van der Waals surface area contributed by atoms with Gasteiger partial charge in [0.15, 0.2) is 0 Å². The molecule has 0 aliphatic heterocycles. The Morgan fingerprint density at radius 3 is 2.73 bits per heavy atom. The molecule has 0 atom stereocenters. The van der Waals surface area contributed by atoms with E-state index in [1.54, 1.807) is 18.2 Å². The minimum atomic E-state index is -0.493. The van der Waals surface area contributed by atoms with E-state index in [0.29, 0.717) is 6.54 Å². The van der Waals surface area contributed by atoms with Crippen molar-refractivity contribution in [1.29, 1.82) is 0 Å². The largest absolute Gasteiger partial charge is 0.445 e. The summed E-state index contributed by atoms with van der Waals surface area (Å²) in [6, 6.07) is 13.9. The van der Waals surface area contributed by atoms with E-state index < -0.39 is 11.9 Å². The highest BCUT2D eigenvalue weighted by Gasteiger charge is 2.00. The van der Waals surface area contributed by atoms with Gasteiger partial charge in [-0.3, -0.25) is 0 Å². The minimum Gasteiger partial charge on any atom is -0.445 e. The number of halogens is 1. The molecule has 2 aromatic carbocycles. The molecule has 0 unspecified atom stereocenters. The highest BCUT2D eigenvalue weighted by molar-refractivity contribution is 5.67. The number of nitrogen functional groups attached to an aromatic ring is 1. The molecule has 3 N–H and O–H groups in total. The van der Waals surface area contributed by atoms with Gasteiger partial charge in [0.1, 0.15) is 12.4 Å². The van der Waals surface area contributed by atoms with Gasteiger partial charge in [-0.15, -0.1) is 0 Å². The molecule has 0 radical (unpaired) electrons. The third-order valence-electron chi connectivity index (χ3n) is 2.91. The molecule has 0 spiro atoms. The van der Waals surface area contributed by atoms with Crippen LogP contribution in [0.5, 0.6) is 0 Å². The van der Waals surface area contributed by atoms with Crippen molar-refractivity contribution in [1.82, 2.24) is 5.32 Å². The maximum Gasteiger partial charge on any atom is 0.407 e. The third kappa shape index (κ3) is 4.94. The second-order valence-corrected chi connectivity index (χ2v) is 4.63. The van der Waals surface area contributed by atoms with E-state index in [2.05, 4.69) is 5.32 Å². The fraction of sp³-hybridized carbons (Fsp3) is 0.118. The molecule has 0 aromatic heterocycles. The first-order valence-corrected chi connectivity index (χ1v) is 6.81. The second-order valence-electron chi connectivity index (χ2n) is 4.63. The molecular formula is C17H17FN2O2. The van der Waals surface area contributed by atoms with Gasteiger partial charge in [0.25, 0.3) is 0 Å². The number of amides is 1. The van der Waals surface area contributed by atoms with E-state index in [1.807, 2.05) is 30.3 Å². The van der Waals surface area contributed by atoms with Crippen LogP contribution in [0.3, 0.4) is 0 Å². The topological polar surface area (TPSA) is 64.3 Å². The van der Waals surface area contributed by atoms with Crippen molar-refractivity contribution in [2.75, 3.05) is 12.3 Å². The summed E-state index contributed by atoms with van der Waals surface area (Å²) in [5, 5.41) is 2.60. The van der Waals surface area contributed by atoms with Crippen molar-refractivity contribution in [3.63, 3.8) is 0 Å². The summed E-state index contributed by atoms with van der Waals surface area (Å²) in [5.41, 5.74) is 7.25. The second kappa shape index (κ2) is 7.83. The van der Waals surface area contributed by atoms with Gasteiger partial charge in [0.05, 0.1) is 5.69 Å². The van der Waals surface area contributed by atoms with Crippen LogP contribution in [-0.4, -0.2) is 12.6 Å². The quantitative estimate of drug-likeness (QED) is 0.832. The molecule has 1 amide bonds. The van der Waals surface area contributed by atoms with Crippen LogP contribution in [0.15, 0.2) is 54.6 Å². The fourth-order valence-electron chi connectivity index (χ4n) is 1.78. The summed E-state index contributed by atoms with van der Waals surface area (Å²) in [7, 11) is 0. The Balaban J connectivity index is 1.72. The van der Waals surface area contributed by atoms with E-state index in [0.717, 1.165) is 11.1 Å². The molecule has 2 rings (SSSR count). The number of nitrogens with one attached hydrogen (secondary N) is 1. The van der Waals surface area contributed by atoms with Crippen LogP contribution < -0.4 is 11.1 Å². The first kappa shape index (κ1) is 15.6. The normalized spacial score (nSPS) is 10.6. The molecule has 2 aromatic rings. The van der Waals surface area contributed by atoms with Crippen molar-refractivity contribution >= 4 is 17.9 Å². The average Bonchev–Trinajstić information content (AvgIpc) is 2.54. The molecule has 4 nitrogen and oxygen atoms in total. The summed E-state index contributed by atoms with van der Waals surface area (Å²) in [4.78, 5) is 11.5. The Bertz CT molecular complexity index is 657. The van der Waals surface area contributed by atoms with Gasteiger partial charge in [-0.25, -0.2) is 9.18 Å². The Morgan fingerprint density at radius 2 is 2.00 bits per heavy atom. The predicted octanol–water partition coefficient (Wildman–Crippen LogP) is 3.35. The van der Waals surface area contributed by atoms with Gasteiger partial charge in [-0.05, 0) is 23.3 Å². The number of alkyl carbamates (subject to hydrolysis) is 1. The van der Waals surface area contributed by atoms with Crippen molar-refractivity contribution in [3.05, 3.63) is 71.6 Å². The summed E-state index contributed by atoms with van der Waals surface area (Å²) in [5.74, 6) is -0.445. The number of nitrogens with two attached hydrogens (primary N) is 1. The summed E-state index contributed by atoms with van der Waals surface area (Å²) >= 11 is 0. The van der Waals surface area contributed by atoms with Crippen LogP contribution in [0.4, 0.5) is 14.9 Å². The lowest BCUT2D eigenvalue weighted by Crippen LogP contribution is -2.24. The summed E-state index contributed by atoms with van der Waals surface area (Å²) in [6.07, 6.45) is 2.98. The SMILES string of the molecule is Nc1cc(C=CCNC(=O)OCc2ccccc2)ccc1F. The molecule has 114 valence electrons. The van der Waals surface area contributed by atoms with E-state index in [1.165, 1.54) is 12.1 Å². The van der Waals surface area contributed by atoms with Crippen LogP contribution in [0.25, 0.3) is 6.08 Å². The van der Waals surface area contributed by atoms with Gasteiger partial charge in [-0.1, -0.05) is 48.6 Å². The maximum atomic E-state index is 13.0. The Morgan fingerprint density at radius 1 is 1.23 bits per heavy atom. The zero-order valence-corrected chi connectivity index (χ0v) is 12.0. The number of anilines is 1. The molecule has 0 heterocycles. The van der Waals surface area contributed by atoms with E-state index in [-0.39, 0.29) is 12.3 Å². The number of ether oxygens (including phenoxy) is 1. The predicted molar refractivity (Wildman–Crippen MR) is 84.5 cm³/mol. The van der Waals surface area contributed by atoms with Crippen LogP contribution >= 0.6 is 0 Å². The highest BCUT2D eigenvalue weighted by atomic mass is 19.1. The average molecular weight is 300 g/mol. The maximum absolute atomic E-state index is 13.0. The monoisotopic (exact) mass is 300 g/mol. The van der Waals surface area contributed by atoms with Gasteiger partial charge in [-0.2, -0.15) is 0 Å². The van der Waals surface area contributed by atoms with Crippen molar-refractivity contribution < 1.29 is 13.9 Å². The standard InChI is InChI=1S/C17H17FN2O2/c18-15-9-8-13(11-16(15)19)7-4-10-20-17(21)22-12-14-5-2-1-3-6-14/h1-9,11H,10,12,19H2,(H,20,21). The summed E-state index contributed by atoms with van der Waals surface area (Å²) in [6.45, 7) is 0.537. The minimum absolute atomic E-state index is 0.0948. The smallest absolute Gasteiger partial charge is 0.407 e. The number of benzene rings is 2.